The van der Waals surface area contributed by atoms with Crippen LogP contribution in [0.1, 0.15) is 26.7 Å². The van der Waals surface area contributed by atoms with E-state index >= 15 is 0 Å². The summed E-state index contributed by atoms with van der Waals surface area (Å²) in [5, 5.41) is 13.9. The Labute approximate surface area is 71.0 Å². The Morgan fingerprint density at radius 3 is 2.00 bits per heavy atom. The summed E-state index contributed by atoms with van der Waals surface area (Å²) >= 11 is 0. The van der Waals surface area contributed by atoms with Gasteiger partial charge in [-0.25, -0.2) is 4.79 Å². The van der Waals surface area contributed by atoms with Crippen LogP contribution in [-0.4, -0.2) is 28.9 Å². The number of esters is 1. The molecule has 0 aromatic carbocycles. The maximum Gasteiger partial charge on any atom is 0.503 e. The smallest absolute Gasteiger partial charge is 0.466 e. The first-order chi connectivity index (χ1) is 5.50. The summed E-state index contributed by atoms with van der Waals surface area (Å²) in [4.78, 5) is 18.7. The fraction of sp³-hybridized carbons (Fsp3) is 0.714. The van der Waals surface area contributed by atoms with Crippen LogP contribution in [0.2, 0.25) is 0 Å². The van der Waals surface area contributed by atoms with Crippen LogP contribution >= 0.6 is 0 Å². The number of carboxylic acid groups (broad SMARTS) is 2. The van der Waals surface area contributed by atoms with E-state index in [-0.39, 0.29) is 5.97 Å². The van der Waals surface area contributed by atoms with Crippen LogP contribution in [0.4, 0.5) is 4.79 Å². The SMILES string of the molecule is CCCCOC(C)=O.O=C(O)O. The van der Waals surface area contributed by atoms with Gasteiger partial charge in [0.1, 0.15) is 0 Å². The van der Waals surface area contributed by atoms with Gasteiger partial charge in [-0.2, -0.15) is 0 Å². The zero-order chi connectivity index (χ0) is 9.98. The average Bonchev–Trinajstić information content (AvgIpc) is 1.86. The van der Waals surface area contributed by atoms with Crippen molar-refractivity contribution in [3.05, 3.63) is 0 Å². The molecule has 0 radical (unpaired) electrons. The van der Waals surface area contributed by atoms with E-state index in [4.69, 9.17) is 15.0 Å². The Hall–Kier alpha value is -1.26. The molecule has 0 saturated carbocycles. The van der Waals surface area contributed by atoms with Gasteiger partial charge in [0.05, 0.1) is 6.61 Å². The van der Waals surface area contributed by atoms with Crippen molar-refractivity contribution in [3.8, 4) is 0 Å². The van der Waals surface area contributed by atoms with E-state index in [2.05, 4.69) is 11.7 Å². The van der Waals surface area contributed by atoms with Gasteiger partial charge < -0.3 is 14.9 Å². The molecule has 72 valence electrons. The number of hydrogen-bond acceptors (Lipinski definition) is 3. The molecule has 0 amide bonds. The van der Waals surface area contributed by atoms with E-state index in [0.29, 0.717) is 6.61 Å². The standard InChI is InChI=1S/C6H12O2.CH2O3/c1-3-4-5-8-6(2)7;2-1(3)4/h3-5H2,1-2H3;(H2,2,3,4). The molecule has 5 heteroatoms. The lowest BCUT2D eigenvalue weighted by molar-refractivity contribution is -0.141. The molecular formula is C7H14O5. The van der Waals surface area contributed by atoms with Gasteiger partial charge in [-0.1, -0.05) is 13.3 Å². The summed E-state index contributed by atoms with van der Waals surface area (Å²) in [5.74, 6) is -0.182. The lowest BCUT2D eigenvalue weighted by Crippen LogP contribution is -1.99. The normalized spacial score (nSPS) is 7.83. The number of unbranched alkanes of at least 4 members (excludes halogenated alkanes) is 1. The maximum atomic E-state index is 10.1. The molecule has 0 rings (SSSR count). The van der Waals surface area contributed by atoms with Gasteiger partial charge in [0.25, 0.3) is 0 Å². The minimum Gasteiger partial charge on any atom is -0.466 e. The van der Waals surface area contributed by atoms with Crippen LogP contribution < -0.4 is 0 Å². The van der Waals surface area contributed by atoms with Crippen molar-refractivity contribution in [3.63, 3.8) is 0 Å². The molecule has 12 heavy (non-hydrogen) atoms. The van der Waals surface area contributed by atoms with Crippen LogP contribution in [0.3, 0.4) is 0 Å². The third-order valence-electron chi connectivity index (χ3n) is 0.803. The number of hydrogen-bond donors (Lipinski definition) is 2. The van der Waals surface area contributed by atoms with Crippen molar-refractivity contribution in [2.75, 3.05) is 6.61 Å². The minimum atomic E-state index is -1.83. The van der Waals surface area contributed by atoms with Crippen molar-refractivity contribution in [2.45, 2.75) is 26.7 Å². The molecule has 0 aliphatic heterocycles. The second-order valence-electron chi connectivity index (χ2n) is 1.98. The molecular weight excluding hydrogens is 164 g/mol. The molecule has 0 aliphatic carbocycles. The molecule has 0 aromatic heterocycles. The first-order valence-electron chi connectivity index (χ1n) is 3.56. The van der Waals surface area contributed by atoms with E-state index in [0.717, 1.165) is 12.8 Å². The highest BCUT2D eigenvalue weighted by Gasteiger charge is 1.88. The Bertz CT molecular complexity index is 128. The van der Waals surface area contributed by atoms with Gasteiger partial charge in [-0.05, 0) is 6.42 Å². The summed E-state index contributed by atoms with van der Waals surface area (Å²) in [5.41, 5.74) is 0. The first kappa shape index (κ1) is 13.3. The highest BCUT2D eigenvalue weighted by atomic mass is 16.6. The Morgan fingerprint density at radius 1 is 1.33 bits per heavy atom. The lowest BCUT2D eigenvalue weighted by atomic mass is 10.4. The van der Waals surface area contributed by atoms with Crippen LogP contribution in [0.15, 0.2) is 0 Å². The zero-order valence-electron chi connectivity index (χ0n) is 7.24. The fourth-order valence-corrected chi connectivity index (χ4v) is 0.360. The number of rotatable bonds is 3. The maximum absolute atomic E-state index is 10.1. The predicted molar refractivity (Wildman–Crippen MR) is 42.2 cm³/mol. The average molecular weight is 178 g/mol. The van der Waals surface area contributed by atoms with Crippen molar-refractivity contribution >= 4 is 12.1 Å². The van der Waals surface area contributed by atoms with Gasteiger partial charge in [0.2, 0.25) is 0 Å². The molecule has 0 atom stereocenters. The summed E-state index contributed by atoms with van der Waals surface area (Å²) in [6.07, 6.45) is 0.215. The number of carbonyl (C=O) groups excluding carboxylic acids is 1. The monoisotopic (exact) mass is 178 g/mol. The molecule has 0 saturated heterocycles. The quantitative estimate of drug-likeness (QED) is 0.506. The van der Waals surface area contributed by atoms with E-state index in [9.17, 15) is 4.79 Å². The Balaban J connectivity index is 0. The largest absolute Gasteiger partial charge is 0.503 e. The van der Waals surface area contributed by atoms with Gasteiger partial charge in [-0.15, -0.1) is 0 Å². The van der Waals surface area contributed by atoms with Crippen LogP contribution in [0.5, 0.6) is 0 Å². The summed E-state index contributed by atoms with van der Waals surface area (Å²) < 4.78 is 4.64. The first-order valence-corrected chi connectivity index (χ1v) is 3.56. The van der Waals surface area contributed by atoms with Gasteiger partial charge >= 0.3 is 12.1 Å². The Morgan fingerprint density at radius 2 is 1.75 bits per heavy atom. The predicted octanol–water partition coefficient (Wildman–Crippen LogP) is 1.57. The third-order valence-corrected chi connectivity index (χ3v) is 0.803. The van der Waals surface area contributed by atoms with Crippen molar-refractivity contribution in [2.24, 2.45) is 0 Å². The molecule has 5 nitrogen and oxygen atoms in total. The molecule has 0 spiro atoms. The lowest BCUT2D eigenvalue weighted by Gasteiger charge is -1.96. The van der Waals surface area contributed by atoms with E-state index < -0.39 is 6.16 Å². The number of ether oxygens (including phenoxy) is 1. The highest BCUT2D eigenvalue weighted by Crippen LogP contribution is 1.86. The van der Waals surface area contributed by atoms with Crippen LogP contribution in [0.25, 0.3) is 0 Å². The van der Waals surface area contributed by atoms with E-state index in [1.165, 1.54) is 6.92 Å². The minimum absolute atomic E-state index is 0.182. The molecule has 0 unspecified atom stereocenters. The summed E-state index contributed by atoms with van der Waals surface area (Å²) in [6, 6.07) is 0. The molecule has 0 aromatic rings. The topological polar surface area (TPSA) is 83.8 Å². The summed E-state index contributed by atoms with van der Waals surface area (Å²) in [6.45, 7) is 4.06. The van der Waals surface area contributed by atoms with Gasteiger partial charge in [0.15, 0.2) is 0 Å². The molecule has 0 bridgehead atoms. The Kier molecular flexibility index (Phi) is 10.8. The van der Waals surface area contributed by atoms with Crippen LogP contribution in [-0.2, 0) is 9.53 Å². The number of carbonyl (C=O) groups is 2. The third kappa shape index (κ3) is 37.4. The molecule has 0 heterocycles. The van der Waals surface area contributed by atoms with E-state index in [1.54, 1.807) is 0 Å². The zero-order valence-corrected chi connectivity index (χ0v) is 7.24. The fourth-order valence-electron chi connectivity index (χ4n) is 0.360. The van der Waals surface area contributed by atoms with Crippen molar-refractivity contribution in [1.29, 1.82) is 0 Å². The van der Waals surface area contributed by atoms with Gasteiger partial charge in [0, 0.05) is 6.92 Å². The molecule has 0 aliphatic rings. The second kappa shape index (κ2) is 9.74. The van der Waals surface area contributed by atoms with Crippen molar-refractivity contribution < 1.29 is 24.5 Å². The van der Waals surface area contributed by atoms with Crippen molar-refractivity contribution in [1.82, 2.24) is 0 Å². The molecule has 0 fully saturated rings. The second-order valence-corrected chi connectivity index (χ2v) is 1.98. The highest BCUT2D eigenvalue weighted by molar-refractivity contribution is 5.65. The summed E-state index contributed by atoms with van der Waals surface area (Å²) in [7, 11) is 0. The van der Waals surface area contributed by atoms with E-state index in [1.807, 2.05) is 0 Å². The van der Waals surface area contributed by atoms with Gasteiger partial charge in [-0.3, -0.25) is 4.79 Å². The van der Waals surface area contributed by atoms with Crippen LogP contribution in [0, 0.1) is 0 Å². The molecule has 2 N–H and O–H groups in total.